The number of aliphatic hydroxyl groups excluding tert-OH is 1. The number of benzene rings is 2. The van der Waals surface area contributed by atoms with Crippen molar-refractivity contribution in [1.82, 2.24) is 10.2 Å². The van der Waals surface area contributed by atoms with Gasteiger partial charge in [0.2, 0.25) is 0 Å². The van der Waals surface area contributed by atoms with Crippen LogP contribution in [-0.4, -0.2) is 34.7 Å². The summed E-state index contributed by atoms with van der Waals surface area (Å²) in [5, 5.41) is 14.8. The fourth-order valence-corrected chi connectivity index (χ4v) is 2.53. The van der Waals surface area contributed by atoms with Crippen LogP contribution in [0.5, 0.6) is 0 Å². The van der Waals surface area contributed by atoms with Crippen molar-refractivity contribution in [2.45, 2.75) is 39.5 Å². The fourth-order valence-electron chi connectivity index (χ4n) is 2.53. The number of hydrogen-bond acceptors (Lipinski definition) is 2. The van der Waals surface area contributed by atoms with Crippen LogP contribution in [0.25, 0.3) is 10.8 Å². The van der Waals surface area contributed by atoms with Gasteiger partial charge in [-0.1, -0.05) is 42.5 Å². The van der Waals surface area contributed by atoms with Gasteiger partial charge in [-0.15, -0.1) is 0 Å². The minimum atomic E-state index is -0.536. The molecule has 2 N–H and O–H groups in total. The Labute approximate surface area is 131 Å². The van der Waals surface area contributed by atoms with Crippen molar-refractivity contribution in [3.05, 3.63) is 48.0 Å². The second-order valence-electron chi connectivity index (χ2n) is 5.89. The standard InChI is InChI=1S/C18H24N2O2/c1-13(2)20(12-14(3)21)18(22)19-11-16-9-6-8-15-7-4-5-10-17(15)16/h4-10,13-14,21H,11-12H2,1-3H3,(H,19,22). The topological polar surface area (TPSA) is 52.6 Å². The van der Waals surface area contributed by atoms with E-state index in [-0.39, 0.29) is 12.1 Å². The second kappa shape index (κ2) is 7.27. The van der Waals surface area contributed by atoms with Gasteiger partial charge in [-0.25, -0.2) is 4.79 Å². The van der Waals surface area contributed by atoms with Crippen LogP contribution in [0.1, 0.15) is 26.3 Å². The molecule has 0 aliphatic rings. The number of nitrogens with zero attached hydrogens (tertiary/aromatic N) is 1. The first-order valence-corrected chi connectivity index (χ1v) is 7.68. The van der Waals surface area contributed by atoms with Crippen LogP contribution in [-0.2, 0) is 6.54 Å². The average molecular weight is 300 g/mol. The summed E-state index contributed by atoms with van der Waals surface area (Å²) in [6.07, 6.45) is -0.536. The third-order valence-corrected chi connectivity index (χ3v) is 3.66. The highest BCUT2D eigenvalue weighted by atomic mass is 16.3. The first-order chi connectivity index (χ1) is 10.5. The predicted octanol–water partition coefficient (Wildman–Crippen LogP) is 3.14. The van der Waals surface area contributed by atoms with Crippen LogP contribution in [0.2, 0.25) is 0 Å². The number of carbonyl (C=O) groups excluding carboxylic acids is 1. The van der Waals surface area contributed by atoms with Gasteiger partial charge in [-0.2, -0.15) is 0 Å². The second-order valence-corrected chi connectivity index (χ2v) is 5.89. The molecule has 2 aromatic carbocycles. The number of fused-ring (bicyclic) bond motifs is 1. The number of rotatable bonds is 5. The molecule has 0 aromatic heterocycles. The molecule has 0 fully saturated rings. The lowest BCUT2D eigenvalue weighted by molar-refractivity contribution is 0.119. The number of nitrogens with one attached hydrogen (secondary N) is 1. The quantitative estimate of drug-likeness (QED) is 0.891. The molecule has 2 aromatic rings. The molecule has 0 saturated heterocycles. The van der Waals surface area contributed by atoms with E-state index in [1.807, 2.05) is 38.1 Å². The largest absolute Gasteiger partial charge is 0.392 e. The molecule has 0 heterocycles. The van der Waals surface area contributed by atoms with Gasteiger partial charge >= 0.3 is 6.03 Å². The number of urea groups is 1. The van der Waals surface area contributed by atoms with E-state index < -0.39 is 6.10 Å². The van der Waals surface area contributed by atoms with Crippen LogP contribution in [0.4, 0.5) is 4.79 Å². The highest BCUT2D eigenvalue weighted by Crippen LogP contribution is 2.18. The molecule has 0 bridgehead atoms. The Balaban J connectivity index is 2.09. The molecule has 0 saturated carbocycles. The molecule has 4 nitrogen and oxygen atoms in total. The zero-order chi connectivity index (χ0) is 16.1. The van der Waals surface area contributed by atoms with Gasteiger partial charge in [0.25, 0.3) is 0 Å². The van der Waals surface area contributed by atoms with Crippen molar-refractivity contribution < 1.29 is 9.90 Å². The molecule has 4 heteroatoms. The van der Waals surface area contributed by atoms with E-state index in [1.165, 1.54) is 5.39 Å². The Kier molecular flexibility index (Phi) is 5.39. The highest BCUT2D eigenvalue weighted by molar-refractivity contribution is 5.86. The van der Waals surface area contributed by atoms with E-state index in [0.717, 1.165) is 10.9 Å². The summed E-state index contributed by atoms with van der Waals surface area (Å²) in [6.45, 7) is 6.38. The number of amides is 2. The summed E-state index contributed by atoms with van der Waals surface area (Å²) >= 11 is 0. The Hall–Kier alpha value is -2.07. The van der Waals surface area contributed by atoms with E-state index in [4.69, 9.17) is 0 Å². The van der Waals surface area contributed by atoms with Crippen molar-refractivity contribution in [1.29, 1.82) is 0 Å². The third-order valence-electron chi connectivity index (χ3n) is 3.66. The minimum Gasteiger partial charge on any atom is -0.392 e. The maximum atomic E-state index is 12.3. The molecule has 0 aliphatic heterocycles. The highest BCUT2D eigenvalue weighted by Gasteiger charge is 2.18. The molecule has 0 radical (unpaired) electrons. The smallest absolute Gasteiger partial charge is 0.317 e. The van der Waals surface area contributed by atoms with Crippen molar-refractivity contribution in [3.63, 3.8) is 0 Å². The first-order valence-electron chi connectivity index (χ1n) is 7.68. The van der Waals surface area contributed by atoms with Crippen LogP contribution in [0, 0.1) is 0 Å². The molecule has 118 valence electrons. The minimum absolute atomic E-state index is 0.0436. The van der Waals surface area contributed by atoms with E-state index in [9.17, 15) is 9.90 Å². The lowest BCUT2D eigenvalue weighted by Crippen LogP contribution is -2.46. The Bertz CT molecular complexity index is 633. The van der Waals surface area contributed by atoms with Crippen LogP contribution in [0.15, 0.2) is 42.5 Å². The van der Waals surface area contributed by atoms with Gasteiger partial charge in [0, 0.05) is 19.1 Å². The summed E-state index contributed by atoms with van der Waals surface area (Å²) in [5.41, 5.74) is 1.09. The number of carbonyl (C=O) groups is 1. The summed E-state index contributed by atoms with van der Waals surface area (Å²) in [6, 6.07) is 14.1. The summed E-state index contributed by atoms with van der Waals surface area (Å²) < 4.78 is 0. The van der Waals surface area contributed by atoms with E-state index in [0.29, 0.717) is 13.1 Å². The summed E-state index contributed by atoms with van der Waals surface area (Å²) in [5.74, 6) is 0. The molecule has 1 unspecified atom stereocenters. The van der Waals surface area contributed by atoms with Gasteiger partial charge in [0.1, 0.15) is 0 Å². The summed E-state index contributed by atoms with van der Waals surface area (Å²) in [7, 11) is 0. The van der Waals surface area contributed by atoms with Gasteiger partial charge in [-0.3, -0.25) is 0 Å². The molecule has 2 amide bonds. The molecule has 0 spiro atoms. The van der Waals surface area contributed by atoms with E-state index in [2.05, 4.69) is 23.5 Å². The van der Waals surface area contributed by atoms with Crippen molar-refractivity contribution in [2.24, 2.45) is 0 Å². The van der Waals surface area contributed by atoms with Crippen molar-refractivity contribution in [3.8, 4) is 0 Å². The molecule has 2 rings (SSSR count). The van der Waals surface area contributed by atoms with Gasteiger partial charge < -0.3 is 15.3 Å². The zero-order valence-electron chi connectivity index (χ0n) is 13.4. The maximum Gasteiger partial charge on any atom is 0.317 e. The van der Waals surface area contributed by atoms with E-state index in [1.54, 1.807) is 11.8 Å². The monoisotopic (exact) mass is 300 g/mol. The first kappa shape index (κ1) is 16.3. The van der Waals surface area contributed by atoms with Crippen LogP contribution in [0.3, 0.4) is 0 Å². The predicted molar refractivity (Wildman–Crippen MR) is 89.7 cm³/mol. The number of hydrogen-bond donors (Lipinski definition) is 2. The SMILES string of the molecule is CC(O)CN(C(=O)NCc1cccc2ccccc12)C(C)C. The van der Waals surface area contributed by atoms with Crippen molar-refractivity contribution in [2.75, 3.05) is 6.54 Å². The van der Waals surface area contributed by atoms with Crippen molar-refractivity contribution >= 4 is 16.8 Å². The van der Waals surface area contributed by atoms with E-state index >= 15 is 0 Å². The third kappa shape index (κ3) is 3.98. The average Bonchev–Trinajstić information content (AvgIpc) is 2.49. The zero-order valence-corrected chi connectivity index (χ0v) is 13.4. The van der Waals surface area contributed by atoms with Gasteiger partial charge in [0.05, 0.1) is 6.10 Å². The van der Waals surface area contributed by atoms with Gasteiger partial charge in [-0.05, 0) is 37.1 Å². The van der Waals surface area contributed by atoms with Gasteiger partial charge in [0.15, 0.2) is 0 Å². The fraction of sp³-hybridized carbons (Fsp3) is 0.389. The molecule has 0 aliphatic carbocycles. The number of aliphatic hydroxyl groups is 1. The Morgan fingerprint density at radius 3 is 2.50 bits per heavy atom. The lowest BCUT2D eigenvalue weighted by atomic mass is 10.0. The summed E-state index contributed by atoms with van der Waals surface area (Å²) in [4.78, 5) is 14.0. The van der Waals surface area contributed by atoms with Crippen LogP contribution >= 0.6 is 0 Å². The molecular weight excluding hydrogens is 276 g/mol. The van der Waals surface area contributed by atoms with Crippen LogP contribution < -0.4 is 5.32 Å². The Morgan fingerprint density at radius 1 is 1.14 bits per heavy atom. The molecular formula is C18H24N2O2. The maximum absolute atomic E-state index is 12.3. The molecule has 22 heavy (non-hydrogen) atoms. The normalized spacial score (nSPS) is 12.4. The molecule has 1 atom stereocenters. The lowest BCUT2D eigenvalue weighted by Gasteiger charge is -2.28. The Morgan fingerprint density at radius 2 is 1.82 bits per heavy atom.